The number of hydrogen-bond donors (Lipinski definition) is 1. The van der Waals surface area contributed by atoms with E-state index in [1.165, 1.54) is 21.3 Å². The van der Waals surface area contributed by atoms with Crippen molar-refractivity contribution in [2.75, 3.05) is 74.4 Å². The Morgan fingerprint density at radius 2 is 1.57 bits per heavy atom. The molecule has 0 amide bonds. The monoisotopic (exact) mass is 750 g/mol. The lowest BCUT2D eigenvalue weighted by Crippen LogP contribution is -2.29. The number of carbonyl (C=O) groups is 1. The first kappa shape index (κ1) is 38.3. The number of carbonyl (C=O) groups excluding carboxylic acids is 1. The third kappa shape index (κ3) is 8.85. The van der Waals surface area contributed by atoms with Gasteiger partial charge in [-0.1, -0.05) is 11.3 Å². The number of rotatable bonds is 21. The number of cyclic esters (lactones) is 1. The summed E-state index contributed by atoms with van der Waals surface area (Å²) in [5, 5.41) is 20.6. The molecule has 0 spiro atoms. The molecule has 2 aliphatic heterocycles. The molecule has 0 saturated carbocycles. The SMILES string of the molecule is COc1ccc(C2(O)OC(=O)C(c3ccc4c(c3)OCO4)=C2Cc2cc(OC)c(OC)c(OCc3cn(CCOCCOCCOCC[18F])nn3)c2)cc1. The maximum Gasteiger partial charge on any atom is 0.342 e. The zero-order valence-corrected chi connectivity index (χ0v) is 30.2. The molecule has 2 aliphatic rings. The van der Waals surface area contributed by atoms with Crippen molar-refractivity contribution in [1.29, 1.82) is 0 Å². The van der Waals surface area contributed by atoms with E-state index in [9.17, 15) is 14.3 Å². The lowest BCUT2D eigenvalue weighted by atomic mass is 9.88. The minimum atomic E-state index is -2.12. The number of ether oxygens (including phenoxy) is 10. The van der Waals surface area contributed by atoms with Crippen molar-refractivity contribution < 1.29 is 61.7 Å². The second-order valence-corrected chi connectivity index (χ2v) is 12.0. The molecule has 288 valence electrons. The van der Waals surface area contributed by atoms with Gasteiger partial charge in [-0.3, -0.25) is 0 Å². The number of halogens is 1. The Bertz CT molecular complexity index is 1920. The molecule has 4 aromatic rings. The average Bonchev–Trinajstić information content (AvgIpc) is 3.92. The number of methoxy groups -OCH3 is 3. The Kier molecular flexibility index (Phi) is 12.8. The minimum absolute atomic E-state index is 0.0445. The van der Waals surface area contributed by atoms with Gasteiger partial charge in [-0.05, 0) is 59.7 Å². The fraction of sp³-hybridized carbons (Fsp3) is 0.395. The lowest BCUT2D eigenvalue weighted by molar-refractivity contribution is -0.185. The van der Waals surface area contributed by atoms with Crippen LogP contribution in [0.25, 0.3) is 5.57 Å². The van der Waals surface area contributed by atoms with Crippen molar-refractivity contribution in [3.05, 3.63) is 88.8 Å². The molecule has 0 aliphatic carbocycles. The van der Waals surface area contributed by atoms with Crippen LogP contribution in [0.4, 0.5) is 4.39 Å². The summed E-state index contributed by atoms with van der Waals surface area (Å²) in [5.74, 6) is -0.204. The van der Waals surface area contributed by atoms with Gasteiger partial charge in [0.05, 0.1) is 79.3 Å². The van der Waals surface area contributed by atoms with Gasteiger partial charge >= 0.3 is 5.97 Å². The number of aliphatic hydroxyl groups is 1. The molecular weight excluding hydrogens is 708 g/mol. The number of nitrogens with zero attached hydrogens (tertiary/aromatic N) is 3. The fourth-order valence-electron chi connectivity index (χ4n) is 5.96. The van der Waals surface area contributed by atoms with Crippen LogP contribution in [0.3, 0.4) is 0 Å². The van der Waals surface area contributed by atoms with Gasteiger partial charge in [0.25, 0.3) is 5.79 Å². The molecule has 16 heteroatoms. The highest BCUT2D eigenvalue weighted by Crippen LogP contribution is 2.48. The van der Waals surface area contributed by atoms with Gasteiger partial charge in [-0.15, -0.1) is 5.10 Å². The van der Waals surface area contributed by atoms with E-state index < -0.39 is 18.4 Å². The molecule has 0 bridgehead atoms. The second-order valence-electron chi connectivity index (χ2n) is 12.0. The van der Waals surface area contributed by atoms with Crippen LogP contribution in [0, 0.1) is 0 Å². The number of aromatic nitrogens is 3. The summed E-state index contributed by atoms with van der Waals surface area (Å²) in [6.45, 7) is 1.98. The third-order valence-electron chi connectivity index (χ3n) is 8.58. The molecule has 1 atom stereocenters. The Hall–Kier alpha value is -5.42. The van der Waals surface area contributed by atoms with Crippen molar-refractivity contribution >= 4 is 11.5 Å². The summed E-state index contributed by atoms with van der Waals surface area (Å²) in [6, 6.07) is 15.2. The summed E-state index contributed by atoms with van der Waals surface area (Å²) in [6.07, 6.45) is 1.79. The van der Waals surface area contributed by atoms with E-state index in [-0.39, 0.29) is 37.6 Å². The van der Waals surface area contributed by atoms with Crippen molar-refractivity contribution in [3.8, 4) is 34.5 Å². The largest absolute Gasteiger partial charge is 0.497 e. The zero-order valence-electron chi connectivity index (χ0n) is 30.2. The first-order valence-corrected chi connectivity index (χ1v) is 17.2. The molecule has 0 saturated heterocycles. The van der Waals surface area contributed by atoms with Crippen LogP contribution in [0.2, 0.25) is 0 Å². The van der Waals surface area contributed by atoms with Crippen LogP contribution in [0.15, 0.2) is 66.4 Å². The molecule has 15 nitrogen and oxygen atoms in total. The minimum Gasteiger partial charge on any atom is -0.497 e. The molecule has 1 N–H and O–H groups in total. The van der Waals surface area contributed by atoms with Gasteiger partial charge in [0, 0.05) is 17.6 Å². The van der Waals surface area contributed by atoms with Crippen LogP contribution in [-0.4, -0.2) is 101 Å². The van der Waals surface area contributed by atoms with E-state index >= 15 is 0 Å². The molecule has 3 aromatic carbocycles. The highest BCUT2D eigenvalue weighted by atomic mass is 18.2. The number of hydrogen-bond acceptors (Lipinski definition) is 14. The van der Waals surface area contributed by atoms with E-state index in [0.29, 0.717) is 96.5 Å². The van der Waals surface area contributed by atoms with Crippen LogP contribution >= 0.6 is 0 Å². The molecule has 54 heavy (non-hydrogen) atoms. The Balaban J connectivity index is 1.20. The second kappa shape index (κ2) is 18.1. The topological polar surface area (TPSA) is 160 Å². The Labute approximate surface area is 311 Å². The third-order valence-corrected chi connectivity index (χ3v) is 8.58. The molecule has 0 radical (unpaired) electrons. The van der Waals surface area contributed by atoms with Crippen molar-refractivity contribution in [1.82, 2.24) is 15.0 Å². The zero-order chi connectivity index (χ0) is 37.9. The highest BCUT2D eigenvalue weighted by Gasteiger charge is 2.48. The summed E-state index contributed by atoms with van der Waals surface area (Å²) in [7, 11) is 4.54. The number of alkyl halides is 1. The molecule has 1 aromatic heterocycles. The Morgan fingerprint density at radius 3 is 2.30 bits per heavy atom. The van der Waals surface area contributed by atoms with Gasteiger partial charge in [0.1, 0.15) is 24.7 Å². The Morgan fingerprint density at radius 1 is 0.852 bits per heavy atom. The predicted molar refractivity (Wildman–Crippen MR) is 189 cm³/mol. The predicted octanol–water partition coefficient (Wildman–Crippen LogP) is 4.03. The van der Waals surface area contributed by atoms with Crippen LogP contribution in [0.1, 0.15) is 22.4 Å². The number of fused-ring (bicyclic) bond motifs is 1. The molecule has 3 heterocycles. The van der Waals surface area contributed by atoms with Gasteiger partial charge < -0.3 is 52.5 Å². The molecular formula is C38H42FN3O12. The number of esters is 1. The van der Waals surface area contributed by atoms with E-state index in [0.717, 1.165) is 0 Å². The summed E-state index contributed by atoms with van der Waals surface area (Å²) in [4.78, 5) is 13.7. The normalized spacial score (nSPS) is 16.1. The van der Waals surface area contributed by atoms with Gasteiger partial charge in [-0.2, -0.15) is 0 Å². The maximum atomic E-state index is 13.7. The summed E-state index contributed by atoms with van der Waals surface area (Å²) >= 11 is 0. The van der Waals surface area contributed by atoms with Gasteiger partial charge in [0.2, 0.25) is 12.5 Å². The highest BCUT2D eigenvalue weighted by molar-refractivity contribution is 6.20. The van der Waals surface area contributed by atoms with Crippen molar-refractivity contribution in [2.45, 2.75) is 25.4 Å². The average molecular weight is 751 g/mol. The molecule has 1 unspecified atom stereocenters. The van der Waals surface area contributed by atoms with E-state index in [4.69, 9.17) is 47.4 Å². The van der Waals surface area contributed by atoms with Crippen LogP contribution < -0.4 is 28.4 Å². The quantitative estimate of drug-likeness (QED) is 0.0961. The smallest absolute Gasteiger partial charge is 0.342 e. The van der Waals surface area contributed by atoms with Crippen molar-refractivity contribution in [2.24, 2.45) is 0 Å². The lowest BCUT2D eigenvalue weighted by Gasteiger charge is -2.26. The molecule has 0 fully saturated rings. The summed E-state index contributed by atoms with van der Waals surface area (Å²) < 4.78 is 69.4. The maximum absolute atomic E-state index is 13.7. The molecule has 6 rings (SSSR count). The fourth-order valence-corrected chi connectivity index (χ4v) is 5.96. The summed E-state index contributed by atoms with van der Waals surface area (Å²) in [5.41, 5.74) is 2.45. The van der Waals surface area contributed by atoms with E-state index in [1.54, 1.807) is 65.5 Å². The van der Waals surface area contributed by atoms with E-state index in [1.807, 2.05) is 0 Å². The number of benzene rings is 3. The van der Waals surface area contributed by atoms with Crippen molar-refractivity contribution in [3.63, 3.8) is 0 Å². The first-order chi connectivity index (χ1) is 26.4. The van der Waals surface area contributed by atoms with Gasteiger partial charge in [0.15, 0.2) is 23.0 Å². The van der Waals surface area contributed by atoms with E-state index in [2.05, 4.69) is 10.3 Å². The standard InChI is InChI=1S/C38H42FN3O12/c1-45-29-7-5-27(6-8-29)38(44)30(35(37(43)54-38)26-4-9-31-32(21-26)53-24-52-31)18-25-19-33(46-2)36(47-3)34(20-25)51-23-28-22-42(41-40-28)11-13-49-15-17-50-16-14-48-12-10-39/h4-9,19-22,44H,10-18,23-24H2,1-3H3/i39-1. The van der Waals surface area contributed by atoms with Crippen LogP contribution in [-0.2, 0) is 49.1 Å². The van der Waals surface area contributed by atoms with Crippen LogP contribution in [0.5, 0.6) is 34.5 Å². The first-order valence-electron chi connectivity index (χ1n) is 17.2. The van der Waals surface area contributed by atoms with Gasteiger partial charge in [-0.25, -0.2) is 13.9 Å².